The number of halogens is 1. The van der Waals surface area contributed by atoms with Crippen LogP contribution in [0.15, 0.2) is 4.60 Å². The number of nitrogens with zero attached hydrogens (tertiary/aromatic N) is 4. The third-order valence-corrected chi connectivity index (χ3v) is 4.30. The van der Waals surface area contributed by atoms with Gasteiger partial charge in [-0.1, -0.05) is 0 Å². The number of carbonyl (C=O) groups excluding carboxylic acids is 1. The van der Waals surface area contributed by atoms with Crippen molar-refractivity contribution in [3.63, 3.8) is 0 Å². The summed E-state index contributed by atoms with van der Waals surface area (Å²) in [7, 11) is 1.59. The average molecular weight is 400 g/mol. The summed E-state index contributed by atoms with van der Waals surface area (Å²) in [5.41, 5.74) is 5.74. The molecule has 1 unspecified atom stereocenters. The number of aromatic nitrogens is 2. The lowest BCUT2D eigenvalue weighted by Crippen LogP contribution is -2.41. The molecule has 2 N–H and O–H groups in total. The van der Waals surface area contributed by atoms with Crippen LogP contribution in [0.3, 0.4) is 0 Å². The zero-order chi connectivity index (χ0) is 18.1. The van der Waals surface area contributed by atoms with Crippen LogP contribution in [0.5, 0.6) is 0 Å². The number of rotatable bonds is 3. The van der Waals surface area contributed by atoms with E-state index in [-0.39, 0.29) is 17.9 Å². The Morgan fingerprint density at radius 1 is 1.54 bits per heavy atom. The SMILES string of the molecule is COC[C@@H]1CC(n2nc(Br)c(C#N)c2N)CN1C(=O)OC(C)(C)C. The number of anilines is 1. The van der Waals surface area contributed by atoms with E-state index in [4.69, 9.17) is 20.5 Å². The average Bonchev–Trinajstić information content (AvgIpc) is 2.99. The number of methoxy groups -OCH3 is 1. The van der Waals surface area contributed by atoms with Gasteiger partial charge in [0.15, 0.2) is 0 Å². The molecule has 2 heterocycles. The largest absolute Gasteiger partial charge is 0.444 e. The van der Waals surface area contributed by atoms with E-state index < -0.39 is 11.7 Å². The number of ether oxygens (including phenoxy) is 2. The molecule has 0 spiro atoms. The van der Waals surface area contributed by atoms with Gasteiger partial charge in [-0.15, -0.1) is 0 Å². The zero-order valence-corrected chi connectivity index (χ0v) is 15.8. The van der Waals surface area contributed by atoms with Gasteiger partial charge in [-0.05, 0) is 43.1 Å². The van der Waals surface area contributed by atoms with E-state index in [2.05, 4.69) is 21.0 Å². The summed E-state index contributed by atoms with van der Waals surface area (Å²) in [6.07, 6.45) is 0.230. The molecule has 1 aromatic rings. The summed E-state index contributed by atoms with van der Waals surface area (Å²) in [4.78, 5) is 14.1. The topological polar surface area (TPSA) is 106 Å². The second-order valence-corrected chi connectivity index (χ2v) is 7.49. The number of carbonyl (C=O) groups is 1. The van der Waals surface area contributed by atoms with Crippen LogP contribution in [0.25, 0.3) is 0 Å². The highest BCUT2D eigenvalue weighted by Crippen LogP contribution is 2.33. The highest BCUT2D eigenvalue weighted by molar-refractivity contribution is 9.10. The summed E-state index contributed by atoms with van der Waals surface area (Å²) in [6, 6.07) is 1.74. The van der Waals surface area contributed by atoms with E-state index in [1.54, 1.807) is 16.7 Å². The molecule has 0 radical (unpaired) electrons. The number of nitrogens with two attached hydrogens (primary N) is 1. The Hall–Kier alpha value is -1.79. The Labute approximate surface area is 149 Å². The normalized spacial score (nSPS) is 20.9. The van der Waals surface area contributed by atoms with Gasteiger partial charge in [-0.2, -0.15) is 10.4 Å². The molecule has 1 fully saturated rings. The quantitative estimate of drug-likeness (QED) is 0.835. The molecule has 0 saturated carbocycles. The fraction of sp³-hybridized carbons (Fsp3) is 0.667. The number of hydrogen-bond acceptors (Lipinski definition) is 6. The summed E-state index contributed by atoms with van der Waals surface area (Å²) in [5.74, 6) is 0.289. The standard InChI is InChI=1S/C15H22BrN5O3/c1-15(2,3)24-14(22)20-7-9(5-10(20)8-23-4)21-13(18)11(6-17)12(16)19-21/h9-10H,5,7-8,18H2,1-4H3/t9?,10-/m0/s1. The fourth-order valence-electron chi connectivity index (χ4n) is 2.76. The Morgan fingerprint density at radius 3 is 2.71 bits per heavy atom. The Balaban J connectivity index is 2.24. The van der Waals surface area contributed by atoms with Gasteiger partial charge < -0.3 is 20.1 Å². The van der Waals surface area contributed by atoms with Crippen molar-refractivity contribution in [2.75, 3.05) is 26.0 Å². The first-order valence-corrected chi connectivity index (χ1v) is 8.39. The lowest BCUT2D eigenvalue weighted by atomic mass is 10.2. The number of hydrogen-bond donors (Lipinski definition) is 1. The number of amides is 1. The van der Waals surface area contributed by atoms with Crippen LogP contribution in [0.2, 0.25) is 0 Å². The van der Waals surface area contributed by atoms with Gasteiger partial charge in [0.2, 0.25) is 0 Å². The van der Waals surface area contributed by atoms with Crippen LogP contribution >= 0.6 is 15.9 Å². The maximum absolute atomic E-state index is 12.5. The van der Waals surface area contributed by atoms with Crippen molar-refractivity contribution in [2.45, 2.75) is 44.9 Å². The van der Waals surface area contributed by atoms with Crippen molar-refractivity contribution < 1.29 is 14.3 Å². The molecule has 1 amide bonds. The Bertz CT molecular complexity index is 661. The Morgan fingerprint density at radius 2 is 2.21 bits per heavy atom. The van der Waals surface area contributed by atoms with E-state index in [0.717, 1.165) is 0 Å². The van der Waals surface area contributed by atoms with Crippen molar-refractivity contribution in [1.82, 2.24) is 14.7 Å². The molecule has 2 rings (SSSR count). The van der Waals surface area contributed by atoms with Crippen molar-refractivity contribution in [3.8, 4) is 6.07 Å². The highest BCUT2D eigenvalue weighted by Gasteiger charge is 2.39. The molecule has 1 aliphatic rings. The molecule has 8 nitrogen and oxygen atoms in total. The van der Waals surface area contributed by atoms with Gasteiger partial charge in [0, 0.05) is 13.7 Å². The van der Waals surface area contributed by atoms with Gasteiger partial charge in [0.1, 0.15) is 27.7 Å². The molecule has 0 aliphatic carbocycles. The molecule has 1 saturated heterocycles. The molecule has 9 heteroatoms. The number of nitrogen functional groups attached to an aromatic ring is 1. The van der Waals surface area contributed by atoms with Crippen molar-refractivity contribution >= 4 is 27.8 Å². The minimum absolute atomic E-state index is 0.136. The van der Waals surface area contributed by atoms with Crippen LogP contribution in [0.4, 0.5) is 10.6 Å². The van der Waals surface area contributed by atoms with Crippen molar-refractivity contribution in [2.24, 2.45) is 0 Å². The summed E-state index contributed by atoms with van der Waals surface area (Å²) in [5, 5.41) is 13.4. The molecule has 24 heavy (non-hydrogen) atoms. The monoisotopic (exact) mass is 399 g/mol. The maximum Gasteiger partial charge on any atom is 0.410 e. The smallest absolute Gasteiger partial charge is 0.410 e. The predicted molar refractivity (Wildman–Crippen MR) is 91.3 cm³/mol. The van der Waals surface area contributed by atoms with Gasteiger partial charge in [0.05, 0.1) is 18.7 Å². The van der Waals surface area contributed by atoms with Crippen LogP contribution in [0.1, 0.15) is 38.8 Å². The molecular formula is C15H22BrN5O3. The van der Waals surface area contributed by atoms with E-state index in [9.17, 15) is 4.79 Å². The first-order chi connectivity index (χ1) is 11.2. The second-order valence-electron chi connectivity index (χ2n) is 6.74. The third-order valence-electron chi connectivity index (χ3n) is 3.74. The van der Waals surface area contributed by atoms with Gasteiger partial charge in [-0.25, -0.2) is 9.48 Å². The molecule has 1 aromatic heterocycles. The lowest BCUT2D eigenvalue weighted by molar-refractivity contribution is 0.0145. The summed E-state index contributed by atoms with van der Waals surface area (Å²) < 4.78 is 12.7. The third kappa shape index (κ3) is 3.82. The van der Waals surface area contributed by atoms with E-state index >= 15 is 0 Å². The maximum atomic E-state index is 12.5. The van der Waals surface area contributed by atoms with Gasteiger partial charge >= 0.3 is 6.09 Å². The van der Waals surface area contributed by atoms with Crippen molar-refractivity contribution in [3.05, 3.63) is 10.2 Å². The van der Waals surface area contributed by atoms with Gasteiger partial charge in [-0.3, -0.25) is 0 Å². The second kappa shape index (κ2) is 6.99. The van der Waals surface area contributed by atoms with E-state index in [0.29, 0.717) is 29.7 Å². The number of nitriles is 1. The predicted octanol–water partition coefficient (Wildman–Crippen LogP) is 2.30. The van der Waals surface area contributed by atoms with Crippen LogP contribution < -0.4 is 5.73 Å². The zero-order valence-electron chi connectivity index (χ0n) is 14.2. The minimum atomic E-state index is -0.575. The highest BCUT2D eigenvalue weighted by atomic mass is 79.9. The lowest BCUT2D eigenvalue weighted by Gasteiger charge is -2.28. The summed E-state index contributed by atoms with van der Waals surface area (Å²) in [6.45, 7) is 6.26. The van der Waals surface area contributed by atoms with Crippen LogP contribution in [-0.4, -0.2) is 52.7 Å². The first kappa shape index (κ1) is 18.5. The molecular weight excluding hydrogens is 378 g/mol. The van der Waals surface area contributed by atoms with E-state index in [1.807, 2.05) is 26.8 Å². The Kier molecular flexibility index (Phi) is 5.40. The summed E-state index contributed by atoms with van der Waals surface area (Å²) >= 11 is 3.24. The molecule has 1 aliphatic heterocycles. The van der Waals surface area contributed by atoms with Crippen LogP contribution in [0, 0.1) is 11.3 Å². The minimum Gasteiger partial charge on any atom is -0.444 e. The fourth-order valence-corrected chi connectivity index (χ4v) is 3.23. The first-order valence-electron chi connectivity index (χ1n) is 7.60. The van der Waals surface area contributed by atoms with Crippen LogP contribution in [-0.2, 0) is 9.47 Å². The molecule has 2 atom stereocenters. The van der Waals surface area contributed by atoms with Crippen molar-refractivity contribution in [1.29, 1.82) is 5.26 Å². The molecule has 132 valence electrons. The van der Waals surface area contributed by atoms with E-state index in [1.165, 1.54) is 0 Å². The number of likely N-dealkylation sites (tertiary alicyclic amines) is 1. The molecule has 0 aromatic carbocycles. The molecule has 0 bridgehead atoms. The van der Waals surface area contributed by atoms with Gasteiger partial charge in [0.25, 0.3) is 0 Å².